The molecule has 2 aliphatic rings. The Morgan fingerprint density at radius 1 is 1.26 bits per heavy atom. The van der Waals surface area contributed by atoms with E-state index in [1.165, 1.54) is 43.2 Å². The van der Waals surface area contributed by atoms with Crippen molar-refractivity contribution < 1.29 is 0 Å². The zero-order valence-corrected chi connectivity index (χ0v) is 12.0. The Morgan fingerprint density at radius 3 is 2.79 bits per heavy atom. The Morgan fingerprint density at radius 2 is 2.11 bits per heavy atom. The molecule has 0 unspecified atom stereocenters. The highest BCUT2D eigenvalue weighted by molar-refractivity contribution is 5.64. The van der Waals surface area contributed by atoms with Gasteiger partial charge < -0.3 is 5.32 Å². The van der Waals surface area contributed by atoms with Crippen molar-refractivity contribution >= 4 is 5.57 Å². The predicted molar refractivity (Wildman–Crippen MR) is 82.3 cm³/mol. The topological polar surface area (TPSA) is 12.0 Å². The lowest BCUT2D eigenvalue weighted by molar-refractivity contribution is 0.419. The SMILES string of the molecule is C/C(=C/CCNC1CC1)c1cccc(C2CCC2)c1. The van der Waals surface area contributed by atoms with Gasteiger partial charge in [-0.3, -0.25) is 0 Å². The van der Waals surface area contributed by atoms with Gasteiger partial charge in [-0.25, -0.2) is 0 Å². The molecule has 2 fully saturated rings. The van der Waals surface area contributed by atoms with Crippen molar-refractivity contribution in [3.63, 3.8) is 0 Å². The zero-order valence-electron chi connectivity index (χ0n) is 12.0. The van der Waals surface area contributed by atoms with E-state index >= 15 is 0 Å². The molecule has 19 heavy (non-hydrogen) atoms. The summed E-state index contributed by atoms with van der Waals surface area (Å²) in [5, 5.41) is 3.57. The molecule has 0 atom stereocenters. The Bertz CT molecular complexity index is 453. The zero-order chi connectivity index (χ0) is 13.1. The minimum atomic E-state index is 0.829. The van der Waals surface area contributed by atoms with E-state index in [4.69, 9.17) is 0 Å². The Hall–Kier alpha value is -1.08. The third-order valence-electron chi connectivity index (χ3n) is 4.52. The van der Waals surface area contributed by atoms with Crippen LogP contribution in [0.1, 0.15) is 62.5 Å². The lowest BCUT2D eigenvalue weighted by Gasteiger charge is -2.26. The number of benzene rings is 1. The summed E-state index contributed by atoms with van der Waals surface area (Å²) in [4.78, 5) is 0. The molecule has 1 N–H and O–H groups in total. The fraction of sp³-hybridized carbons (Fsp3) is 0.556. The fourth-order valence-electron chi connectivity index (χ4n) is 2.76. The van der Waals surface area contributed by atoms with E-state index in [0.29, 0.717) is 0 Å². The first-order valence-corrected chi connectivity index (χ1v) is 7.83. The Kier molecular flexibility index (Phi) is 4.03. The molecule has 3 rings (SSSR count). The number of nitrogens with one attached hydrogen (secondary N) is 1. The van der Waals surface area contributed by atoms with Crippen LogP contribution in [-0.4, -0.2) is 12.6 Å². The maximum absolute atomic E-state index is 3.57. The van der Waals surface area contributed by atoms with E-state index in [0.717, 1.165) is 24.9 Å². The summed E-state index contributed by atoms with van der Waals surface area (Å²) in [6.45, 7) is 3.38. The van der Waals surface area contributed by atoms with Crippen molar-refractivity contribution in [1.82, 2.24) is 5.32 Å². The van der Waals surface area contributed by atoms with Gasteiger partial charge in [-0.2, -0.15) is 0 Å². The molecule has 0 aromatic heterocycles. The second kappa shape index (κ2) is 5.92. The van der Waals surface area contributed by atoms with Crippen molar-refractivity contribution in [2.75, 3.05) is 6.54 Å². The molecule has 0 spiro atoms. The Balaban J connectivity index is 1.57. The van der Waals surface area contributed by atoms with E-state index < -0.39 is 0 Å². The van der Waals surface area contributed by atoms with Crippen LogP contribution in [0.25, 0.3) is 5.57 Å². The molecule has 102 valence electrons. The largest absolute Gasteiger partial charge is 0.314 e. The summed E-state index contributed by atoms with van der Waals surface area (Å²) in [5.41, 5.74) is 4.39. The second-order valence-electron chi connectivity index (χ2n) is 6.16. The molecule has 0 aliphatic heterocycles. The van der Waals surface area contributed by atoms with Crippen LogP contribution in [0.15, 0.2) is 30.3 Å². The van der Waals surface area contributed by atoms with E-state index in [1.54, 1.807) is 5.56 Å². The highest BCUT2D eigenvalue weighted by Gasteiger charge is 2.20. The third kappa shape index (κ3) is 3.48. The quantitative estimate of drug-likeness (QED) is 0.738. The van der Waals surface area contributed by atoms with Gasteiger partial charge in [0.05, 0.1) is 0 Å². The molecule has 2 saturated carbocycles. The van der Waals surface area contributed by atoms with E-state index in [1.807, 2.05) is 0 Å². The van der Waals surface area contributed by atoms with Gasteiger partial charge in [-0.1, -0.05) is 36.8 Å². The summed E-state index contributed by atoms with van der Waals surface area (Å²) in [6, 6.07) is 10.0. The highest BCUT2D eigenvalue weighted by Crippen LogP contribution is 2.37. The fourth-order valence-corrected chi connectivity index (χ4v) is 2.76. The molecule has 0 bridgehead atoms. The van der Waals surface area contributed by atoms with Gasteiger partial charge >= 0.3 is 0 Å². The normalized spacial score (nSPS) is 20.4. The molecule has 1 nitrogen and oxygen atoms in total. The first kappa shape index (κ1) is 12.9. The lowest BCUT2D eigenvalue weighted by atomic mass is 9.79. The summed E-state index contributed by atoms with van der Waals surface area (Å²) in [7, 11) is 0. The number of allylic oxidation sites excluding steroid dienone is 1. The number of rotatable bonds is 6. The van der Waals surface area contributed by atoms with Gasteiger partial charge in [0.1, 0.15) is 0 Å². The monoisotopic (exact) mass is 255 g/mol. The van der Waals surface area contributed by atoms with Gasteiger partial charge in [0.2, 0.25) is 0 Å². The van der Waals surface area contributed by atoms with Crippen LogP contribution in [0, 0.1) is 0 Å². The molecule has 1 aromatic carbocycles. The van der Waals surface area contributed by atoms with Crippen molar-refractivity contribution in [1.29, 1.82) is 0 Å². The Labute approximate surface area is 117 Å². The summed E-state index contributed by atoms with van der Waals surface area (Å²) in [5.74, 6) is 0.837. The molecular weight excluding hydrogens is 230 g/mol. The highest BCUT2D eigenvalue weighted by atomic mass is 14.9. The molecule has 2 aliphatic carbocycles. The van der Waals surface area contributed by atoms with Gasteiger partial charge in [0.15, 0.2) is 0 Å². The predicted octanol–water partition coefficient (Wildman–Crippen LogP) is 4.50. The van der Waals surface area contributed by atoms with Crippen molar-refractivity contribution in [2.45, 2.75) is 57.4 Å². The molecule has 0 radical (unpaired) electrons. The van der Waals surface area contributed by atoms with Crippen LogP contribution in [0.3, 0.4) is 0 Å². The summed E-state index contributed by atoms with van der Waals surface area (Å²) in [6.07, 6.45) is 10.5. The third-order valence-corrected chi connectivity index (χ3v) is 4.52. The minimum Gasteiger partial charge on any atom is -0.314 e. The minimum absolute atomic E-state index is 0.829. The van der Waals surface area contributed by atoms with Crippen LogP contribution < -0.4 is 5.32 Å². The van der Waals surface area contributed by atoms with Crippen molar-refractivity contribution in [2.24, 2.45) is 0 Å². The van der Waals surface area contributed by atoms with Crippen LogP contribution in [0.4, 0.5) is 0 Å². The summed E-state index contributed by atoms with van der Waals surface area (Å²) >= 11 is 0. The van der Waals surface area contributed by atoms with Crippen LogP contribution in [-0.2, 0) is 0 Å². The van der Waals surface area contributed by atoms with E-state index in [2.05, 4.69) is 42.6 Å². The van der Waals surface area contributed by atoms with Crippen molar-refractivity contribution in [3.8, 4) is 0 Å². The second-order valence-corrected chi connectivity index (χ2v) is 6.16. The van der Waals surface area contributed by atoms with Crippen LogP contribution >= 0.6 is 0 Å². The summed E-state index contributed by atoms with van der Waals surface area (Å²) < 4.78 is 0. The lowest BCUT2D eigenvalue weighted by Crippen LogP contribution is -2.16. The molecule has 0 heterocycles. The molecular formula is C18H25N. The van der Waals surface area contributed by atoms with Gasteiger partial charge in [-0.05, 0) is 68.2 Å². The molecule has 0 saturated heterocycles. The first-order chi connectivity index (χ1) is 9.33. The van der Waals surface area contributed by atoms with E-state index in [-0.39, 0.29) is 0 Å². The number of hydrogen-bond acceptors (Lipinski definition) is 1. The molecule has 0 amide bonds. The smallest absolute Gasteiger partial charge is 0.00683 e. The van der Waals surface area contributed by atoms with E-state index in [9.17, 15) is 0 Å². The standard InChI is InChI=1S/C18H25N/c1-14(5-4-12-19-18-10-11-18)16-8-3-9-17(13-16)15-6-2-7-15/h3,5,8-9,13,15,18-19H,2,4,6-7,10-12H2,1H3/b14-5-. The average molecular weight is 255 g/mol. The maximum atomic E-state index is 3.57. The molecule has 1 heteroatoms. The van der Waals surface area contributed by atoms with Gasteiger partial charge in [0.25, 0.3) is 0 Å². The maximum Gasteiger partial charge on any atom is 0.00683 e. The van der Waals surface area contributed by atoms with Gasteiger partial charge in [0, 0.05) is 6.04 Å². The van der Waals surface area contributed by atoms with Crippen LogP contribution in [0.5, 0.6) is 0 Å². The number of hydrogen-bond donors (Lipinski definition) is 1. The first-order valence-electron chi connectivity index (χ1n) is 7.83. The van der Waals surface area contributed by atoms with Crippen molar-refractivity contribution in [3.05, 3.63) is 41.5 Å². The molecule has 1 aromatic rings. The van der Waals surface area contributed by atoms with Crippen LogP contribution in [0.2, 0.25) is 0 Å². The van der Waals surface area contributed by atoms with Gasteiger partial charge in [-0.15, -0.1) is 0 Å². The average Bonchev–Trinajstić information content (AvgIpc) is 3.17.